The number of hydrogen-bond donors (Lipinski definition) is 2. The largest absolute Gasteiger partial charge is 0.349 e. The van der Waals surface area contributed by atoms with Crippen molar-refractivity contribution in [3.05, 3.63) is 46.4 Å². The Morgan fingerprint density at radius 1 is 1.25 bits per heavy atom. The van der Waals surface area contributed by atoms with Gasteiger partial charge in [-0.05, 0) is 45.6 Å². The second-order valence-corrected chi connectivity index (χ2v) is 6.19. The number of benzene rings is 1. The van der Waals surface area contributed by atoms with Crippen LogP contribution in [0.1, 0.15) is 21.9 Å². The lowest BCUT2D eigenvalue weighted by molar-refractivity contribution is 0.0945. The van der Waals surface area contributed by atoms with Crippen molar-refractivity contribution in [1.29, 1.82) is 0 Å². The maximum Gasteiger partial charge on any atom is 0.270 e. The molecule has 0 fully saturated rings. The smallest absolute Gasteiger partial charge is 0.270 e. The molecule has 1 aromatic carbocycles. The standard InChI is InChI=1S/C17H22ClN5O/c1-11-13(18)6-5-7-14(11)22-16-10-15(20-12(2)21-16)17(24)19-8-9-23(3)4/h5-7,10H,8-9H2,1-4H3,(H,19,24)(H,20,21,22). The number of hydrogen-bond acceptors (Lipinski definition) is 5. The molecule has 7 heteroatoms. The Hall–Kier alpha value is -2.18. The Morgan fingerprint density at radius 2 is 2.00 bits per heavy atom. The van der Waals surface area contributed by atoms with E-state index in [4.69, 9.17) is 11.6 Å². The van der Waals surface area contributed by atoms with Crippen LogP contribution in [0, 0.1) is 13.8 Å². The highest BCUT2D eigenvalue weighted by Crippen LogP contribution is 2.25. The molecular formula is C17H22ClN5O. The van der Waals surface area contributed by atoms with Crippen molar-refractivity contribution in [1.82, 2.24) is 20.2 Å². The average molecular weight is 348 g/mol. The number of nitrogens with zero attached hydrogens (tertiary/aromatic N) is 3. The highest BCUT2D eigenvalue weighted by molar-refractivity contribution is 6.31. The molecule has 0 spiro atoms. The van der Waals surface area contributed by atoms with Gasteiger partial charge in [0.15, 0.2) is 0 Å². The summed E-state index contributed by atoms with van der Waals surface area (Å²) < 4.78 is 0. The van der Waals surface area contributed by atoms with Gasteiger partial charge in [0.2, 0.25) is 0 Å². The van der Waals surface area contributed by atoms with Crippen LogP contribution in [0.4, 0.5) is 11.5 Å². The summed E-state index contributed by atoms with van der Waals surface area (Å²) in [5, 5.41) is 6.72. The highest BCUT2D eigenvalue weighted by atomic mass is 35.5. The van der Waals surface area contributed by atoms with E-state index in [2.05, 4.69) is 20.6 Å². The van der Waals surface area contributed by atoms with Crippen LogP contribution in [0.25, 0.3) is 0 Å². The first-order valence-electron chi connectivity index (χ1n) is 7.67. The molecule has 1 heterocycles. The summed E-state index contributed by atoms with van der Waals surface area (Å²) in [6, 6.07) is 7.24. The van der Waals surface area contributed by atoms with Gasteiger partial charge in [-0.25, -0.2) is 9.97 Å². The normalized spacial score (nSPS) is 10.8. The highest BCUT2D eigenvalue weighted by Gasteiger charge is 2.11. The van der Waals surface area contributed by atoms with Crippen LogP contribution in [-0.2, 0) is 0 Å². The maximum atomic E-state index is 12.2. The third-order valence-electron chi connectivity index (χ3n) is 3.45. The third kappa shape index (κ3) is 4.91. The second kappa shape index (κ2) is 8.08. The number of aromatic nitrogens is 2. The molecule has 0 aliphatic heterocycles. The van der Waals surface area contributed by atoms with Gasteiger partial charge in [-0.3, -0.25) is 4.79 Å². The van der Waals surface area contributed by atoms with Crippen molar-refractivity contribution >= 4 is 29.0 Å². The van der Waals surface area contributed by atoms with E-state index in [9.17, 15) is 4.79 Å². The van der Waals surface area contributed by atoms with Crippen molar-refractivity contribution in [2.45, 2.75) is 13.8 Å². The molecule has 1 aromatic heterocycles. The van der Waals surface area contributed by atoms with Gasteiger partial charge in [-0.2, -0.15) is 0 Å². The zero-order valence-corrected chi connectivity index (χ0v) is 15.1. The number of amides is 1. The molecule has 0 bridgehead atoms. The first-order valence-corrected chi connectivity index (χ1v) is 8.05. The van der Waals surface area contributed by atoms with Crippen molar-refractivity contribution in [2.24, 2.45) is 0 Å². The van der Waals surface area contributed by atoms with E-state index >= 15 is 0 Å². The molecule has 6 nitrogen and oxygen atoms in total. The van der Waals surface area contributed by atoms with Gasteiger partial charge < -0.3 is 15.5 Å². The van der Waals surface area contributed by atoms with Crippen molar-refractivity contribution < 1.29 is 4.79 Å². The Labute approximate surface area is 147 Å². The number of halogens is 1. The summed E-state index contributed by atoms with van der Waals surface area (Å²) in [4.78, 5) is 22.8. The first kappa shape index (κ1) is 18.2. The average Bonchev–Trinajstić information content (AvgIpc) is 2.51. The zero-order valence-electron chi connectivity index (χ0n) is 14.4. The monoisotopic (exact) mass is 347 g/mol. The van der Waals surface area contributed by atoms with Crippen molar-refractivity contribution in [3.8, 4) is 0 Å². The summed E-state index contributed by atoms with van der Waals surface area (Å²) in [6.07, 6.45) is 0. The predicted octanol–water partition coefficient (Wildman–Crippen LogP) is 2.78. The molecular weight excluding hydrogens is 326 g/mol. The fourth-order valence-corrected chi connectivity index (χ4v) is 2.29. The molecule has 2 N–H and O–H groups in total. The van der Waals surface area contributed by atoms with Gasteiger partial charge in [0.05, 0.1) is 0 Å². The SMILES string of the molecule is Cc1nc(Nc2cccc(Cl)c2C)cc(C(=O)NCCN(C)C)n1. The third-order valence-corrected chi connectivity index (χ3v) is 3.86. The molecule has 0 aliphatic carbocycles. The number of likely N-dealkylation sites (N-methyl/N-ethyl adjacent to an activating group) is 1. The van der Waals surface area contributed by atoms with E-state index < -0.39 is 0 Å². The molecule has 2 rings (SSSR count). The molecule has 2 aromatic rings. The number of carbonyl (C=O) groups excluding carboxylic acids is 1. The van der Waals surface area contributed by atoms with E-state index in [1.54, 1.807) is 13.0 Å². The molecule has 0 saturated heterocycles. The van der Waals surface area contributed by atoms with Crippen LogP contribution in [-0.4, -0.2) is 48.0 Å². The van der Waals surface area contributed by atoms with Gasteiger partial charge in [-0.15, -0.1) is 0 Å². The summed E-state index contributed by atoms with van der Waals surface area (Å²) in [7, 11) is 3.91. The quantitative estimate of drug-likeness (QED) is 0.840. The van der Waals surface area contributed by atoms with Crippen LogP contribution in [0.3, 0.4) is 0 Å². The predicted molar refractivity (Wildman–Crippen MR) is 97.1 cm³/mol. The van der Waals surface area contributed by atoms with E-state index in [1.807, 2.05) is 44.1 Å². The van der Waals surface area contributed by atoms with Crippen LogP contribution >= 0.6 is 11.6 Å². The second-order valence-electron chi connectivity index (χ2n) is 5.78. The molecule has 0 saturated carbocycles. The van der Waals surface area contributed by atoms with Gasteiger partial charge >= 0.3 is 0 Å². The summed E-state index contributed by atoms with van der Waals surface area (Å²) in [5.74, 6) is 0.872. The Morgan fingerprint density at radius 3 is 2.71 bits per heavy atom. The number of nitrogens with one attached hydrogen (secondary N) is 2. The summed E-state index contributed by atoms with van der Waals surface area (Å²) in [6.45, 7) is 5.01. The lowest BCUT2D eigenvalue weighted by Crippen LogP contribution is -2.32. The fraction of sp³-hybridized carbons (Fsp3) is 0.353. The molecule has 24 heavy (non-hydrogen) atoms. The van der Waals surface area contributed by atoms with Crippen LogP contribution in [0.2, 0.25) is 5.02 Å². The van der Waals surface area contributed by atoms with E-state index in [1.165, 1.54) is 0 Å². The minimum absolute atomic E-state index is 0.215. The fourth-order valence-electron chi connectivity index (χ4n) is 2.11. The molecule has 0 atom stereocenters. The number of carbonyl (C=O) groups is 1. The van der Waals surface area contributed by atoms with Gasteiger partial charge in [-0.1, -0.05) is 17.7 Å². The van der Waals surface area contributed by atoms with Crippen LogP contribution in [0.15, 0.2) is 24.3 Å². The van der Waals surface area contributed by atoms with Crippen LogP contribution < -0.4 is 10.6 Å². The van der Waals surface area contributed by atoms with E-state index in [0.29, 0.717) is 28.9 Å². The lowest BCUT2D eigenvalue weighted by atomic mass is 10.2. The van der Waals surface area contributed by atoms with Gasteiger partial charge in [0.1, 0.15) is 17.3 Å². The Balaban J connectivity index is 2.16. The minimum atomic E-state index is -0.215. The van der Waals surface area contributed by atoms with E-state index in [0.717, 1.165) is 17.8 Å². The number of aryl methyl sites for hydroxylation is 1. The van der Waals surface area contributed by atoms with Crippen molar-refractivity contribution in [2.75, 3.05) is 32.5 Å². The van der Waals surface area contributed by atoms with Gasteiger partial charge in [0, 0.05) is 29.9 Å². The van der Waals surface area contributed by atoms with Gasteiger partial charge in [0.25, 0.3) is 5.91 Å². The molecule has 0 radical (unpaired) electrons. The van der Waals surface area contributed by atoms with Crippen molar-refractivity contribution in [3.63, 3.8) is 0 Å². The van der Waals surface area contributed by atoms with E-state index in [-0.39, 0.29) is 5.91 Å². The maximum absolute atomic E-state index is 12.2. The minimum Gasteiger partial charge on any atom is -0.349 e. The summed E-state index contributed by atoms with van der Waals surface area (Å²) >= 11 is 6.13. The molecule has 1 amide bonds. The molecule has 0 aliphatic rings. The zero-order chi connectivity index (χ0) is 17.7. The Bertz CT molecular complexity index is 733. The Kier molecular flexibility index (Phi) is 6.11. The topological polar surface area (TPSA) is 70.2 Å². The summed E-state index contributed by atoms with van der Waals surface area (Å²) in [5.41, 5.74) is 2.11. The first-order chi connectivity index (χ1) is 11.4. The molecule has 128 valence electrons. The van der Waals surface area contributed by atoms with Crippen LogP contribution in [0.5, 0.6) is 0 Å². The molecule has 0 unspecified atom stereocenters. The lowest BCUT2D eigenvalue weighted by Gasteiger charge is -2.12. The number of anilines is 2. The number of rotatable bonds is 6.